The van der Waals surface area contributed by atoms with Gasteiger partial charge in [-0.2, -0.15) is 0 Å². The maximum Gasteiger partial charge on any atom is 0.410 e. The molecule has 0 aromatic heterocycles. The second kappa shape index (κ2) is 15.0. The van der Waals surface area contributed by atoms with E-state index < -0.39 is 23.5 Å². The number of amides is 3. The van der Waals surface area contributed by atoms with Gasteiger partial charge in [0.05, 0.1) is 46.2 Å². The van der Waals surface area contributed by atoms with E-state index in [1.165, 1.54) is 4.90 Å². The lowest BCUT2D eigenvalue weighted by atomic mass is 10.1. The van der Waals surface area contributed by atoms with Crippen LogP contribution in [0.5, 0.6) is 0 Å². The second-order valence-corrected chi connectivity index (χ2v) is 8.94. The molecule has 0 atom stereocenters. The molecular formula is C23H34N6O8. The summed E-state index contributed by atoms with van der Waals surface area (Å²) in [5, 5.41) is 16.3. The maximum atomic E-state index is 12.8. The van der Waals surface area contributed by atoms with Crippen LogP contribution in [0.4, 0.5) is 10.5 Å². The topological polar surface area (TPSA) is 176 Å². The first kappa shape index (κ1) is 29.8. The van der Waals surface area contributed by atoms with E-state index in [1.807, 2.05) is 0 Å². The van der Waals surface area contributed by atoms with E-state index >= 15 is 0 Å². The van der Waals surface area contributed by atoms with Gasteiger partial charge in [-0.15, -0.1) is 0 Å². The van der Waals surface area contributed by atoms with Gasteiger partial charge in [0.15, 0.2) is 0 Å². The summed E-state index contributed by atoms with van der Waals surface area (Å²) in [6, 6.07) is 4.79. The standard InChI is InChI=1S/C23H34N6O8/c1-23(2,3)37-22(32)28(8-10-35-12-14-36-13-11-34-9-7-25-27-24)16-20(30)26-19-6-4-5-17-18(19)15-29(33)21(17)31/h4-6,33H,7-16H2,1-3H3,(H,26,30). The molecule has 0 unspecified atom stereocenters. The van der Waals surface area contributed by atoms with Crippen LogP contribution in [0.3, 0.4) is 0 Å². The second-order valence-electron chi connectivity index (χ2n) is 8.94. The van der Waals surface area contributed by atoms with E-state index in [0.717, 1.165) is 0 Å². The first-order chi connectivity index (χ1) is 17.6. The molecule has 0 spiro atoms. The van der Waals surface area contributed by atoms with Crippen molar-refractivity contribution in [1.82, 2.24) is 9.96 Å². The fourth-order valence-electron chi connectivity index (χ4n) is 3.23. The fourth-order valence-corrected chi connectivity index (χ4v) is 3.23. The molecule has 204 valence electrons. The van der Waals surface area contributed by atoms with Crippen molar-refractivity contribution in [3.05, 3.63) is 39.8 Å². The van der Waals surface area contributed by atoms with Gasteiger partial charge >= 0.3 is 6.09 Å². The zero-order valence-corrected chi connectivity index (χ0v) is 21.3. The highest BCUT2D eigenvalue weighted by molar-refractivity contribution is 6.02. The molecule has 0 saturated heterocycles. The summed E-state index contributed by atoms with van der Waals surface area (Å²) in [5.74, 6) is -1.03. The van der Waals surface area contributed by atoms with Gasteiger partial charge < -0.3 is 24.3 Å². The Labute approximate surface area is 215 Å². The van der Waals surface area contributed by atoms with Crippen molar-refractivity contribution < 1.29 is 38.5 Å². The van der Waals surface area contributed by atoms with E-state index in [4.69, 9.17) is 24.5 Å². The molecule has 0 bridgehead atoms. The van der Waals surface area contributed by atoms with Crippen LogP contribution >= 0.6 is 0 Å². The van der Waals surface area contributed by atoms with Crippen molar-refractivity contribution in [2.24, 2.45) is 5.11 Å². The van der Waals surface area contributed by atoms with E-state index in [-0.39, 0.29) is 39.4 Å². The van der Waals surface area contributed by atoms with Crippen LogP contribution in [-0.4, -0.2) is 98.0 Å². The molecule has 14 heteroatoms. The quantitative estimate of drug-likeness (QED) is 0.116. The number of hydrogen-bond acceptors (Lipinski definition) is 9. The van der Waals surface area contributed by atoms with Gasteiger partial charge in [0, 0.05) is 34.8 Å². The summed E-state index contributed by atoms with van der Waals surface area (Å²) in [6.07, 6.45) is -0.671. The summed E-state index contributed by atoms with van der Waals surface area (Å²) < 4.78 is 21.5. The fraction of sp³-hybridized carbons (Fsp3) is 0.609. The van der Waals surface area contributed by atoms with Crippen molar-refractivity contribution in [2.45, 2.75) is 32.9 Å². The van der Waals surface area contributed by atoms with Gasteiger partial charge in [-0.1, -0.05) is 11.2 Å². The van der Waals surface area contributed by atoms with Crippen molar-refractivity contribution in [3.8, 4) is 0 Å². The number of azide groups is 1. The molecule has 1 heterocycles. The minimum Gasteiger partial charge on any atom is -0.444 e. The number of nitrogens with one attached hydrogen (secondary N) is 1. The lowest BCUT2D eigenvalue weighted by Crippen LogP contribution is -2.43. The largest absolute Gasteiger partial charge is 0.444 e. The number of ether oxygens (including phenoxy) is 4. The predicted octanol–water partition coefficient (Wildman–Crippen LogP) is 2.57. The van der Waals surface area contributed by atoms with Gasteiger partial charge in [-0.25, -0.2) is 9.86 Å². The molecule has 1 aliphatic rings. The third-order valence-electron chi connectivity index (χ3n) is 4.86. The molecule has 1 aliphatic heterocycles. The van der Waals surface area contributed by atoms with E-state index in [1.54, 1.807) is 39.0 Å². The minimum atomic E-state index is -0.755. The third kappa shape index (κ3) is 10.6. The lowest BCUT2D eigenvalue weighted by molar-refractivity contribution is -0.117. The monoisotopic (exact) mass is 522 g/mol. The Kier molecular flexibility index (Phi) is 12.1. The van der Waals surface area contributed by atoms with Crippen molar-refractivity contribution in [2.75, 3.05) is 64.6 Å². The third-order valence-corrected chi connectivity index (χ3v) is 4.86. The molecule has 1 aromatic rings. The van der Waals surface area contributed by atoms with Crippen LogP contribution in [0.2, 0.25) is 0 Å². The maximum absolute atomic E-state index is 12.8. The molecule has 0 saturated carbocycles. The van der Waals surface area contributed by atoms with E-state index in [0.29, 0.717) is 48.3 Å². The molecule has 14 nitrogen and oxygen atoms in total. The predicted molar refractivity (Wildman–Crippen MR) is 131 cm³/mol. The summed E-state index contributed by atoms with van der Waals surface area (Å²) >= 11 is 0. The van der Waals surface area contributed by atoms with Gasteiger partial charge in [0.25, 0.3) is 5.91 Å². The Hall–Kier alpha value is -3.42. The van der Waals surface area contributed by atoms with E-state index in [2.05, 4.69) is 15.3 Å². The number of benzene rings is 1. The number of fused-ring (bicyclic) bond motifs is 1. The molecular weight excluding hydrogens is 488 g/mol. The zero-order valence-electron chi connectivity index (χ0n) is 21.3. The van der Waals surface area contributed by atoms with Crippen LogP contribution in [-0.2, 0) is 30.3 Å². The Morgan fingerprint density at radius 1 is 1.14 bits per heavy atom. The number of anilines is 1. The number of nitrogens with zero attached hydrogens (tertiary/aromatic N) is 5. The number of hydrogen-bond donors (Lipinski definition) is 2. The Bertz CT molecular complexity index is 976. The first-order valence-corrected chi connectivity index (χ1v) is 11.8. The minimum absolute atomic E-state index is 0.0435. The SMILES string of the molecule is CC(C)(C)OC(=O)N(CCOCCOCCOCCN=[N+]=[N-])CC(=O)Nc1cccc2c1CN(O)C2=O. The van der Waals surface area contributed by atoms with Crippen LogP contribution < -0.4 is 5.32 Å². The van der Waals surface area contributed by atoms with Crippen molar-refractivity contribution in [1.29, 1.82) is 0 Å². The first-order valence-electron chi connectivity index (χ1n) is 11.8. The summed E-state index contributed by atoms with van der Waals surface area (Å²) in [4.78, 5) is 41.3. The van der Waals surface area contributed by atoms with Crippen LogP contribution in [0.1, 0.15) is 36.7 Å². The summed E-state index contributed by atoms with van der Waals surface area (Å²) in [6.45, 7) is 6.95. The Balaban J connectivity index is 1.80. The highest BCUT2D eigenvalue weighted by atomic mass is 16.6. The molecule has 0 radical (unpaired) electrons. The number of hydroxylamine groups is 2. The van der Waals surface area contributed by atoms with Gasteiger partial charge in [-0.05, 0) is 38.4 Å². The van der Waals surface area contributed by atoms with E-state index in [9.17, 15) is 19.6 Å². The highest BCUT2D eigenvalue weighted by Crippen LogP contribution is 2.28. The summed E-state index contributed by atoms with van der Waals surface area (Å²) in [5.41, 5.74) is 8.60. The number of carbonyl (C=O) groups excluding carboxylic acids is 3. The number of rotatable bonds is 15. The van der Waals surface area contributed by atoms with Crippen molar-refractivity contribution >= 4 is 23.6 Å². The van der Waals surface area contributed by atoms with Gasteiger partial charge in [-0.3, -0.25) is 19.7 Å². The summed E-state index contributed by atoms with van der Waals surface area (Å²) in [7, 11) is 0. The normalized spacial score (nSPS) is 12.6. The molecule has 3 amide bonds. The highest BCUT2D eigenvalue weighted by Gasteiger charge is 2.29. The molecule has 0 fully saturated rings. The smallest absolute Gasteiger partial charge is 0.410 e. The lowest BCUT2D eigenvalue weighted by Gasteiger charge is -2.27. The molecule has 0 aliphatic carbocycles. The molecule has 1 aromatic carbocycles. The zero-order chi connectivity index (χ0) is 27.3. The van der Waals surface area contributed by atoms with Crippen LogP contribution in [0, 0.1) is 0 Å². The Morgan fingerprint density at radius 2 is 1.78 bits per heavy atom. The van der Waals surface area contributed by atoms with Gasteiger partial charge in [0.1, 0.15) is 12.1 Å². The van der Waals surface area contributed by atoms with Gasteiger partial charge in [0.2, 0.25) is 5.91 Å². The average molecular weight is 523 g/mol. The van der Waals surface area contributed by atoms with Crippen LogP contribution in [0.25, 0.3) is 10.4 Å². The molecule has 2 N–H and O–H groups in total. The Morgan fingerprint density at radius 3 is 2.43 bits per heavy atom. The van der Waals surface area contributed by atoms with Crippen LogP contribution in [0.15, 0.2) is 23.3 Å². The number of carbonyl (C=O) groups is 3. The molecule has 2 rings (SSSR count). The average Bonchev–Trinajstić information content (AvgIpc) is 3.12. The molecule has 37 heavy (non-hydrogen) atoms. The van der Waals surface area contributed by atoms with Crippen molar-refractivity contribution in [3.63, 3.8) is 0 Å².